The Hall–Kier alpha value is -2.74. The fourth-order valence-corrected chi connectivity index (χ4v) is 1.78. The predicted molar refractivity (Wildman–Crippen MR) is 78.9 cm³/mol. The van der Waals surface area contributed by atoms with Crippen molar-refractivity contribution in [2.24, 2.45) is 0 Å². The molecule has 0 radical (unpaired) electrons. The van der Waals surface area contributed by atoms with Crippen LogP contribution in [0.3, 0.4) is 0 Å². The number of nitro benzene ring substituents is 1. The van der Waals surface area contributed by atoms with E-state index in [1.54, 1.807) is 24.7 Å². The number of hydrogen-bond acceptors (Lipinski definition) is 7. The lowest BCUT2D eigenvalue weighted by Crippen LogP contribution is -2.21. The molecule has 0 amide bonds. The first-order valence-electron chi connectivity index (χ1n) is 6.61. The summed E-state index contributed by atoms with van der Waals surface area (Å²) >= 11 is 0. The van der Waals surface area contributed by atoms with E-state index in [9.17, 15) is 10.1 Å². The van der Waals surface area contributed by atoms with Crippen molar-refractivity contribution in [2.75, 3.05) is 20.3 Å². The molecule has 0 spiro atoms. The molecular formula is C14H16N4O4. The monoisotopic (exact) mass is 304 g/mol. The van der Waals surface area contributed by atoms with Gasteiger partial charge in [0.1, 0.15) is 12.4 Å². The van der Waals surface area contributed by atoms with Gasteiger partial charge in [-0.15, -0.1) is 0 Å². The minimum absolute atomic E-state index is 0.118. The second-order valence-electron chi connectivity index (χ2n) is 4.31. The molecule has 22 heavy (non-hydrogen) atoms. The quantitative estimate of drug-likeness (QED) is 0.449. The highest BCUT2D eigenvalue weighted by Gasteiger charge is 2.15. The predicted octanol–water partition coefficient (Wildman–Crippen LogP) is 1.56. The highest BCUT2D eigenvalue weighted by molar-refractivity contribution is 5.50. The fourth-order valence-electron chi connectivity index (χ4n) is 1.78. The molecule has 0 fully saturated rings. The number of benzene rings is 1. The van der Waals surface area contributed by atoms with Crippen LogP contribution in [0.4, 0.5) is 5.69 Å². The largest absolute Gasteiger partial charge is 0.492 e. The van der Waals surface area contributed by atoms with Crippen LogP contribution >= 0.6 is 0 Å². The van der Waals surface area contributed by atoms with Crippen LogP contribution in [0.2, 0.25) is 0 Å². The van der Waals surface area contributed by atoms with Crippen LogP contribution in [0.1, 0.15) is 5.69 Å². The van der Waals surface area contributed by atoms with Gasteiger partial charge in [0.25, 0.3) is 0 Å². The highest BCUT2D eigenvalue weighted by Crippen LogP contribution is 2.30. The van der Waals surface area contributed by atoms with E-state index in [1.165, 1.54) is 19.2 Å². The van der Waals surface area contributed by atoms with Gasteiger partial charge < -0.3 is 14.8 Å². The number of nitro groups is 1. The van der Waals surface area contributed by atoms with Gasteiger partial charge >= 0.3 is 5.69 Å². The van der Waals surface area contributed by atoms with E-state index in [1.807, 2.05) is 0 Å². The molecule has 1 aromatic heterocycles. The maximum absolute atomic E-state index is 10.9. The first-order chi connectivity index (χ1) is 10.7. The van der Waals surface area contributed by atoms with Gasteiger partial charge in [0.05, 0.1) is 23.8 Å². The Morgan fingerprint density at radius 2 is 2.23 bits per heavy atom. The number of hydrogen-bond donors (Lipinski definition) is 1. The summed E-state index contributed by atoms with van der Waals surface area (Å²) in [6.07, 6.45) is 4.92. The standard InChI is InChI=1S/C14H16N4O4/c1-21-14-3-2-12(8-13(14)18(19)20)22-7-6-16-10-11-9-15-4-5-17-11/h2-5,8-9,16H,6-7,10H2,1H3. The van der Waals surface area contributed by atoms with E-state index >= 15 is 0 Å². The Balaban J connectivity index is 1.79. The first kappa shape index (κ1) is 15.6. The van der Waals surface area contributed by atoms with E-state index < -0.39 is 4.92 Å². The number of nitrogens with zero attached hydrogens (tertiary/aromatic N) is 3. The van der Waals surface area contributed by atoms with Crippen molar-refractivity contribution in [2.45, 2.75) is 6.54 Å². The third kappa shape index (κ3) is 4.38. The molecule has 8 heteroatoms. The van der Waals surface area contributed by atoms with Crippen molar-refractivity contribution in [3.05, 3.63) is 52.6 Å². The van der Waals surface area contributed by atoms with E-state index in [-0.39, 0.29) is 11.4 Å². The lowest BCUT2D eigenvalue weighted by molar-refractivity contribution is -0.385. The van der Waals surface area contributed by atoms with Gasteiger partial charge in [0, 0.05) is 31.7 Å². The molecule has 1 aromatic carbocycles. The number of methoxy groups -OCH3 is 1. The summed E-state index contributed by atoms with van der Waals surface area (Å²) in [5.41, 5.74) is 0.718. The summed E-state index contributed by atoms with van der Waals surface area (Å²) in [7, 11) is 1.39. The molecular weight excluding hydrogens is 288 g/mol. The van der Waals surface area contributed by atoms with Crippen LogP contribution in [-0.4, -0.2) is 35.2 Å². The zero-order valence-corrected chi connectivity index (χ0v) is 12.1. The molecule has 116 valence electrons. The normalized spacial score (nSPS) is 10.2. The molecule has 1 N–H and O–H groups in total. The Morgan fingerprint density at radius 1 is 1.36 bits per heavy atom. The smallest absolute Gasteiger partial charge is 0.314 e. The van der Waals surface area contributed by atoms with Crippen LogP contribution in [0.5, 0.6) is 11.5 Å². The maximum atomic E-state index is 10.9. The van der Waals surface area contributed by atoms with Crippen LogP contribution in [0.15, 0.2) is 36.8 Å². The van der Waals surface area contributed by atoms with Crippen LogP contribution in [0.25, 0.3) is 0 Å². The summed E-state index contributed by atoms with van der Waals surface area (Å²) in [6, 6.07) is 4.50. The fraction of sp³-hybridized carbons (Fsp3) is 0.286. The van der Waals surface area contributed by atoms with Gasteiger partial charge in [0.15, 0.2) is 5.75 Å². The minimum Gasteiger partial charge on any atom is -0.492 e. The second-order valence-corrected chi connectivity index (χ2v) is 4.31. The van der Waals surface area contributed by atoms with Crippen molar-refractivity contribution in [1.29, 1.82) is 0 Å². The van der Waals surface area contributed by atoms with Crippen molar-refractivity contribution < 1.29 is 14.4 Å². The van der Waals surface area contributed by atoms with Gasteiger partial charge in [0.2, 0.25) is 0 Å². The average Bonchev–Trinajstić information content (AvgIpc) is 2.55. The van der Waals surface area contributed by atoms with E-state index in [0.29, 0.717) is 25.4 Å². The number of aromatic nitrogens is 2. The summed E-state index contributed by atoms with van der Waals surface area (Å²) < 4.78 is 10.4. The van der Waals surface area contributed by atoms with Crippen LogP contribution in [0, 0.1) is 10.1 Å². The lowest BCUT2D eigenvalue weighted by atomic mass is 10.3. The molecule has 2 aromatic rings. The van der Waals surface area contributed by atoms with Crippen LogP contribution in [-0.2, 0) is 6.54 Å². The summed E-state index contributed by atoms with van der Waals surface area (Å²) in [5, 5.41) is 14.1. The number of ether oxygens (including phenoxy) is 2. The van der Waals surface area contributed by atoms with Gasteiger partial charge in [-0.05, 0) is 12.1 Å². The molecule has 0 aliphatic carbocycles. The van der Waals surface area contributed by atoms with Crippen molar-refractivity contribution in [3.63, 3.8) is 0 Å². The molecule has 0 aliphatic heterocycles. The van der Waals surface area contributed by atoms with E-state index in [2.05, 4.69) is 15.3 Å². The van der Waals surface area contributed by atoms with Gasteiger partial charge in [-0.2, -0.15) is 0 Å². The third-order valence-electron chi connectivity index (χ3n) is 2.82. The molecule has 8 nitrogen and oxygen atoms in total. The molecule has 0 atom stereocenters. The minimum atomic E-state index is -0.502. The first-order valence-corrected chi connectivity index (χ1v) is 6.61. The number of nitrogens with one attached hydrogen (secondary N) is 1. The Labute approximate surface area is 127 Å². The molecule has 0 bridgehead atoms. The van der Waals surface area contributed by atoms with Gasteiger partial charge in [-0.1, -0.05) is 0 Å². The average molecular weight is 304 g/mol. The summed E-state index contributed by atoms with van der Waals surface area (Å²) in [4.78, 5) is 18.5. The summed E-state index contributed by atoms with van der Waals surface area (Å²) in [6.45, 7) is 1.54. The Bertz CT molecular complexity index is 621. The Morgan fingerprint density at radius 3 is 2.91 bits per heavy atom. The summed E-state index contributed by atoms with van der Waals surface area (Å²) in [5.74, 6) is 0.631. The lowest BCUT2D eigenvalue weighted by Gasteiger charge is -2.08. The van der Waals surface area contributed by atoms with Crippen LogP contribution < -0.4 is 14.8 Å². The molecule has 0 saturated carbocycles. The topological polar surface area (TPSA) is 99.4 Å². The molecule has 2 rings (SSSR count). The number of rotatable bonds is 8. The maximum Gasteiger partial charge on any atom is 0.314 e. The highest BCUT2D eigenvalue weighted by atomic mass is 16.6. The van der Waals surface area contributed by atoms with Crippen molar-refractivity contribution in [1.82, 2.24) is 15.3 Å². The van der Waals surface area contributed by atoms with Gasteiger partial charge in [-0.25, -0.2) is 0 Å². The van der Waals surface area contributed by atoms with Crippen molar-refractivity contribution in [3.8, 4) is 11.5 Å². The third-order valence-corrected chi connectivity index (χ3v) is 2.82. The SMILES string of the molecule is COc1ccc(OCCNCc2cnccn2)cc1[N+](=O)[O-]. The zero-order valence-electron chi connectivity index (χ0n) is 12.1. The Kier molecular flexibility index (Phi) is 5.61. The molecule has 1 heterocycles. The van der Waals surface area contributed by atoms with E-state index in [0.717, 1.165) is 5.69 Å². The van der Waals surface area contributed by atoms with Crippen molar-refractivity contribution >= 4 is 5.69 Å². The van der Waals surface area contributed by atoms with E-state index in [4.69, 9.17) is 9.47 Å². The molecule has 0 unspecified atom stereocenters. The second kappa shape index (κ2) is 7.89. The molecule has 0 aliphatic rings. The van der Waals surface area contributed by atoms with Gasteiger partial charge in [-0.3, -0.25) is 20.1 Å². The zero-order chi connectivity index (χ0) is 15.8. The molecule has 0 saturated heterocycles.